The van der Waals surface area contributed by atoms with Gasteiger partial charge in [0.1, 0.15) is 0 Å². The molecule has 21 heavy (non-hydrogen) atoms. The van der Waals surface area contributed by atoms with Crippen LogP contribution in [0.25, 0.3) is 0 Å². The third-order valence-electron chi connectivity index (χ3n) is 2.81. The number of nitrogens with two attached hydrogens (primary N) is 1. The molecular formula is C12H10ClN6O2+. The van der Waals surface area contributed by atoms with Gasteiger partial charge in [-0.1, -0.05) is 0 Å². The fraction of sp³-hybridized carbons (Fsp3) is 0.0833. The van der Waals surface area contributed by atoms with Crippen molar-refractivity contribution in [3.8, 4) is 0 Å². The summed E-state index contributed by atoms with van der Waals surface area (Å²) in [6, 6.07) is 2.58. The van der Waals surface area contributed by atoms with E-state index in [1.54, 1.807) is 36.7 Å². The van der Waals surface area contributed by atoms with Crippen LogP contribution in [0.1, 0.15) is 10.4 Å². The van der Waals surface area contributed by atoms with Crippen LogP contribution in [0, 0.1) is 4.91 Å². The molecule has 106 valence electrons. The van der Waals surface area contributed by atoms with Gasteiger partial charge >= 0.3 is 12.0 Å². The highest BCUT2D eigenvalue weighted by Crippen LogP contribution is 2.09. The third kappa shape index (κ3) is 2.75. The number of amides is 1. The minimum absolute atomic E-state index is 0. The van der Waals surface area contributed by atoms with E-state index < -0.39 is 11.9 Å². The molecule has 1 aromatic rings. The van der Waals surface area contributed by atoms with Crippen molar-refractivity contribution in [1.82, 2.24) is 0 Å². The van der Waals surface area contributed by atoms with Gasteiger partial charge in [-0.15, -0.1) is 0 Å². The largest absolute Gasteiger partial charge is 1.00 e. The van der Waals surface area contributed by atoms with Gasteiger partial charge in [-0.05, 0) is 23.2 Å². The maximum atomic E-state index is 11.8. The summed E-state index contributed by atoms with van der Waals surface area (Å²) in [7, 11) is 0. The lowest BCUT2D eigenvalue weighted by Crippen LogP contribution is -3.00. The summed E-state index contributed by atoms with van der Waals surface area (Å²) >= 11 is 0. The third-order valence-corrected chi connectivity index (χ3v) is 2.81. The fourth-order valence-electron chi connectivity index (χ4n) is 1.83. The molecule has 0 radical (unpaired) electrons. The second kappa shape index (κ2) is 5.71. The minimum Gasteiger partial charge on any atom is -1.00 e. The number of hydrogen-bond acceptors (Lipinski definition) is 4. The Morgan fingerprint density at radius 1 is 1.38 bits per heavy atom. The van der Waals surface area contributed by atoms with Crippen LogP contribution in [-0.2, 0) is 0 Å². The number of carbonyl (C=O) groups excluding carboxylic acids is 1. The van der Waals surface area contributed by atoms with Crippen molar-refractivity contribution in [2.24, 2.45) is 20.8 Å². The average Bonchev–Trinajstić information content (AvgIpc) is 2.47. The lowest BCUT2D eigenvalue weighted by atomic mass is 10.2. The van der Waals surface area contributed by atoms with Crippen molar-refractivity contribution in [3.05, 3.63) is 47.1 Å². The Morgan fingerprint density at radius 3 is 2.95 bits per heavy atom. The van der Waals surface area contributed by atoms with Crippen LogP contribution in [0.5, 0.6) is 0 Å². The summed E-state index contributed by atoms with van der Waals surface area (Å²) < 4.78 is 1.45. The van der Waals surface area contributed by atoms with E-state index in [9.17, 15) is 9.70 Å². The molecule has 1 aromatic heterocycles. The van der Waals surface area contributed by atoms with Gasteiger partial charge in [0, 0.05) is 12.3 Å². The van der Waals surface area contributed by atoms with E-state index in [0.29, 0.717) is 16.3 Å². The Balaban J connectivity index is 0.00000161. The molecule has 8 nitrogen and oxygen atoms in total. The van der Waals surface area contributed by atoms with Gasteiger partial charge in [-0.3, -0.25) is 4.79 Å². The Morgan fingerprint density at radius 2 is 2.19 bits per heavy atom. The molecule has 9 heteroatoms. The number of rotatable bonds is 1. The number of amidine groups is 1. The van der Waals surface area contributed by atoms with Crippen molar-refractivity contribution < 1.29 is 26.6 Å². The van der Waals surface area contributed by atoms with Crippen molar-refractivity contribution in [2.45, 2.75) is 6.04 Å². The summed E-state index contributed by atoms with van der Waals surface area (Å²) in [4.78, 5) is 31.8. The van der Waals surface area contributed by atoms with Crippen LogP contribution >= 0.6 is 0 Å². The van der Waals surface area contributed by atoms with Gasteiger partial charge in [0.05, 0.1) is 22.9 Å². The molecular weight excluding hydrogens is 296 g/mol. The number of hydrazone groups is 1. The zero-order valence-electron chi connectivity index (χ0n) is 10.6. The first-order chi connectivity index (χ1) is 9.65. The van der Waals surface area contributed by atoms with Gasteiger partial charge in [-0.25, -0.2) is 4.99 Å². The number of primary amides is 1. The lowest BCUT2D eigenvalue weighted by Gasteiger charge is -2.04. The van der Waals surface area contributed by atoms with Crippen LogP contribution in [0.3, 0.4) is 0 Å². The quantitative estimate of drug-likeness (QED) is 0.542. The average molecular weight is 306 g/mol. The first-order valence-electron chi connectivity index (χ1n) is 5.81. The maximum Gasteiger partial charge on any atom is 0.510 e. The van der Waals surface area contributed by atoms with Crippen LogP contribution in [-0.4, -0.2) is 34.8 Å². The molecule has 0 fully saturated rings. The molecule has 3 rings (SSSR count). The predicted molar refractivity (Wildman–Crippen MR) is 70.5 cm³/mol. The van der Waals surface area contributed by atoms with Crippen LogP contribution in [0.4, 0.5) is 0 Å². The molecule has 0 spiro atoms. The normalized spacial score (nSPS) is 19.2. The van der Waals surface area contributed by atoms with Crippen LogP contribution < -0.4 is 22.7 Å². The van der Waals surface area contributed by atoms with Gasteiger partial charge in [-0.2, -0.15) is 4.57 Å². The molecule has 2 aliphatic heterocycles. The molecule has 0 aliphatic carbocycles. The number of aromatic nitrogens is 1. The fourth-order valence-corrected chi connectivity index (χ4v) is 1.83. The number of nitrogens with zero attached hydrogens (tertiary/aromatic N) is 5. The second-order valence-corrected chi connectivity index (χ2v) is 4.14. The van der Waals surface area contributed by atoms with E-state index >= 15 is 0 Å². The molecule has 1 amide bonds. The molecule has 3 heterocycles. The number of allylic oxidation sites excluding steroid dienone is 1. The van der Waals surface area contributed by atoms with Crippen molar-refractivity contribution >= 4 is 23.9 Å². The smallest absolute Gasteiger partial charge is 0.510 e. The number of hydrogen-bond donors (Lipinski definition) is 1. The Bertz CT molecular complexity index is 737. The first kappa shape index (κ1) is 14.7. The summed E-state index contributed by atoms with van der Waals surface area (Å²) in [6.07, 6.45) is 7.95. The molecule has 1 unspecified atom stereocenters. The SMILES string of the molecule is NC(=O)c1ccc[n+](C2=N[N+](=O)C3C=CC=NC3=N2)c1.[Cl-]. The molecule has 0 saturated heterocycles. The highest BCUT2D eigenvalue weighted by molar-refractivity contribution is 6.04. The summed E-state index contributed by atoms with van der Waals surface area (Å²) in [5.74, 6) is -0.0924. The van der Waals surface area contributed by atoms with Crippen molar-refractivity contribution in [2.75, 3.05) is 0 Å². The lowest BCUT2D eigenvalue weighted by molar-refractivity contribution is -0.601. The summed E-state index contributed by atoms with van der Waals surface area (Å²) in [5, 5.41) is 3.83. The highest BCUT2D eigenvalue weighted by Gasteiger charge is 2.43. The highest BCUT2D eigenvalue weighted by atomic mass is 35.5. The zero-order valence-corrected chi connectivity index (χ0v) is 11.4. The molecule has 0 saturated carbocycles. The number of fused-ring (bicyclic) bond motifs is 1. The molecule has 0 aromatic carbocycles. The van der Waals surface area contributed by atoms with E-state index in [0.717, 1.165) is 0 Å². The molecule has 2 N–H and O–H groups in total. The maximum absolute atomic E-state index is 11.8. The molecule has 1 atom stereocenters. The topological polar surface area (TPSA) is 104 Å². The van der Waals surface area contributed by atoms with E-state index in [1.807, 2.05) is 0 Å². The van der Waals surface area contributed by atoms with Crippen molar-refractivity contribution in [1.29, 1.82) is 0 Å². The first-order valence-corrected chi connectivity index (χ1v) is 5.81. The summed E-state index contributed by atoms with van der Waals surface area (Å²) in [5.41, 5.74) is 5.51. The van der Waals surface area contributed by atoms with E-state index in [-0.39, 0.29) is 18.4 Å². The standard InChI is InChI=1S/C12H9N6O2.ClH/c13-10(19)8-3-2-6-17(7-8)12-15-11-9(18(20)16-12)4-1-5-14-11;/h1-7,9H,(H-,13,19);1H/q+1;. The summed E-state index contributed by atoms with van der Waals surface area (Å²) in [6.45, 7) is 0. The van der Waals surface area contributed by atoms with E-state index in [2.05, 4.69) is 15.1 Å². The van der Waals surface area contributed by atoms with E-state index in [4.69, 9.17) is 5.73 Å². The number of nitroso groups, excluding NO2 is 1. The molecule has 2 aliphatic rings. The monoisotopic (exact) mass is 305 g/mol. The van der Waals surface area contributed by atoms with Gasteiger partial charge in [0.25, 0.3) is 16.8 Å². The number of carbonyl (C=O) groups is 1. The zero-order chi connectivity index (χ0) is 14.1. The van der Waals surface area contributed by atoms with Gasteiger partial charge in [0.15, 0.2) is 0 Å². The minimum atomic E-state index is -0.608. The number of halogens is 1. The van der Waals surface area contributed by atoms with Crippen LogP contribution in [0.15, 0.2) is 51.8 Å². The predicted octanol–water partition coefficient (Wildman–Crippen LogP) is -3.60. The van der Waals surface area contributed by atoms with Crippen LogP contribution in [0.2, 0.25) is 0 Å². The van der Waals surface area contributed by atoms with Gasteiger partial charge < -0.3 is 18.1 Å². The van der Waals surface area contributed by atoms with Gasteiger partial charge in [0.2, 0.25) is 4.87 Å². The Hall–Kier alpha value is -2.74. The second-order valence-electron chi connectivity index (χ2n) is 4.14. The van der Waals surface area contributed by atoms with Crippen molar-refractivity contribution in [3.63, 3.8) is 0 Å². The van der Waals surface area contributed by atoms with E-state index in [1.165, 1.54) is 10.8 Å². The number of pyridine rings is 1. The Labute approximate surface area is 125 Å². The number of aliphatic imine (C=N–C) groups is 2. The Kier molecular flexibility index (Phi) is 3.99. The number of dihydropyridines is 1. The molecule has 0 bridgehead atoms.